The zero-order valence-corrected chi connectivity index (χ0v) is 10.5. The molecule has 0 fully saturated rings. The van der Waals surface area contributed by atoms with Crippen LogP contribution < -0.4 is 10.1 Å². The number of hydrogen-bond acceptors (Lipinski definition) is 4. The van der Waals surface area contributed by atoms with Crippen LogP contribution in [0.5, 0.6) is 5.75 Å². The van der Waals surface area contributed by atoms with E-state index >= 15 is 0 Å². The standard InChI is InChI=1S/C13H15NO5/c1-3-7-19-13(17)14-8-10-9(12(15)16)5-4-6-11(10)18-2/h3-6H,1,7-8H2,2H3,(H,14,17)(H,15,16). The lowest BCUT2D eigenvalue weighted by atomic mass is 10.1. The fourth-order valence-corrected chi connectivity index (χ4v) is 1.49. The maximum Gasteiger partial charge on any atom is 0.407 e. The third-order valence-electron chi connectivity index (χ3n) is 2.33. The van der Waals surface area contributed by atoms with Crippen LogP contribution >= 0.6 is 0 Å². The van der Waals surface area contributed by atoms with Gasteiger partial charge in [-0.05, 0) is 12.1 Å². The molecule has 1 amide bonds. The molecule has 0 saturated carbocycles. The van der Waals surface area contributed by atoms with Crippen molar-refractivity contribution in [1.29, 1.82) is 0 Å². The molecule has 0 radical (unpaired) electrons. The van der Waals surface area contributed by atoms with E-state index in [-0.39, 0.29) is 18.7 Å². The predicted octanol–water partition coefficient (Wildman–Crippen LogP) is 1.81. The molecule has 0 spiro atoms. The van der Waals surface area contributed by atoms with Crippen LogP contribution in [-0.4, -0.2) is 30.9 Å². The first-order valence-corrected chi connectivity index (χ1v) is 5.50. The van der Waals surface area contributed by atoms with Crippen molar-refractivity contribution in [1.82, 2.24) is 5.32 Å². The molecule has 0 aliphatic heterocycles. The van der Waals surface area contributed by atoms with Gasteiger partial charge in [0.2, 0.25) is 0 Å². The highest BCUT2D eigenvalue weighted by atomic mass is 16.5. The van der Waals surface area contributed by atoms with E-state index in [4.69, 9.17) is 14.6 Å². The molecule has 0 bridgehead atoms. The Labute approximate surface area is 110 Å². The molecule has 1 rings (SSSR count). The summed E-state index contributed by atoms with van der Waals surface area (Å²) in [5.74, 6) is -0.695. The second-order valence-corrected chi connectivity index (χ2v) is 3.53. The van der Waals surface area contributed by atoms with Crippen LogP contribution in [0, 0.1) is 0 Å². The number of hydrogen-bond donors (Lipinski definition) is 2. The highest BCUT2D eigenvalue weighted by molar-refractivity contribution is 5.90. The summed E-state index contributed by atoms with van der Waals surface area (Å²) in [6.07, 6.45) is 0.785. The summed E-state index contributed by atoms with van der Waals surface area (Å²) in [5, 5.41) is 11.5. The number of ether oxygens (including phenoxy) is 2. The summed E-state index contributed by atoms with van der Waals surface area (Å²) in [6.45, 7) is 3.50. The maximum atomic E-state index is 11.3. The molecule has 6 nitrogen and oxygen atoms in total. The number of aromatic carboxylic acids is 1. The number of carbonyl (C=O) groups is 2. The molecule has 0 aliphatic rings. The quantitative estimate of drug-likeness (QED) is 0.766. The molecular formula is C13H15NO5. The number of amides is 1. The molecule has 0 heterocycles. The van der Waals surface area contributed by atoms with Gasteiger partial charge in [0.25, 0.3) is 0 Å². The largest absolute Gasteiger partial charge is 0.496 e. The van der Waals surface area contributed by atoms with Gasteiger partial charge in [0, 0.05) is 5.56 Å². The van der Waals surface area contributed by atoms with Gasteiger partial charge in [-0.1, -0.05) is 18.7 Å². The summed E-state index contributed by atoms with van der Waals surface area (Å²) in [5.41, 5.74) is 0.455. The third-order valence-corrected chi connectivity index (χ3v) is 2.33. The van der Waals surface area contributed by atoms with Crippen LogP contribution in [0.3, 0.4) is 0 Å². The molecule has 1 aromatic rings. The maximum absolute atomic E-state index is 11.3. The number of alkyl carbamates (subject to hydrolysis) is 1. The van der Waals surface area contributed by atoms with Gasteiger partial charge in [0.15, 0.2) is 0 Å². The molecule has 19 heavy (non-hydrogen) atoms. The Morgan fingerprint density at radius 2 is 2.21 bits per heavy atom. The number of carboxylic acids is 1. The van der Waals surface area contributed by atoms with Crippen molar-refractivity contribution < 1.29 is 24.2 Å². The van der Waals surface area contributed by atoms with Crippen LogP contribution in [-0.2, 0) is 11.3 Å². The normalized spacial score (nSPS) is 9.53. The van der Waals surface area contributed by atoms with E-state index in [0.29, 0.717) is 11.3 Å². The Balaban J connectivity index is 2.83. The van der Waals surface area contributed by atoms with Gasteiger partial charge in [-0.15, -0.1) is 0 Å². The van der Waals surface area contributed by atoms with Crippen LogP contribution in [0.4, 0.5) is 4.79 Å². The van der Waals surface area contributed by atoms with Crippen LogP contribution in [0.15, 0.2) is 30.9 Å². The fourth-order valence-electron chi connectivity index (χ4n) is 1.49. The molecule has 6 heteroatoms. The van der Waals surface area contributed by atoms with Crippen LogP contribution in [0.25, 0.3) is 0 Å². The van der Waals surface area contributed by atoms with E-state index in [1.54, 1.807) is 12.1 Å². The fraction of sp³-hybridized carbons (Fsp3) is 0.231. The van der Waals surface area contributed by atoms with Crippen molar-refractivity contribution in [3.05, 3.63) is 42.0 Å². The monoisotopic (exact) mass is 265 g/mol. The number of methoxy groups -OCH3 is 1. The minimum atomic E-state index is -1.09. The third kappa shape index (κ3) is 4.02. The summed E-state index contributed by atoms with van der Waals surface area (Å²) in [6, 6.07) is 4.64. The van der Waals surface area contributed by atoms with Gasteiger partial charge in [0.05, 0.1) is 19.2 Å². The van der Waals surface area contributed by atoms with Crippen LogP contribution in [0.2, 0.25) is 0 Å². The number of nitrogens with one attached hydrogen (secondary N) is 1. The van der Waals surface area contributed by atoms with Gasteiger partial charge in [-0.3, -0.25) is 0 Å². The van der Waals surface area contributed by atoms with Gasteiger partial charge in [0.1, 0.15) is 12.4 Å². The number of carbonyl (C=O) groups excluding carboxylic acids is 1. The van der Waals surface area contributed by atoms with Gasteiger partial charge in [-0.25, -0.2) is 9.59 Å². The van der Waals surface area contributed by atoms with E-state index in [1.165, 1.54) is 19.3 Å². The lowest BCUT2D eigenvalue weighted by Crippen LogP contribution is -2.25. The molecule has 0 aliphatic carbocycles. The molecular weight excluding hydrogens is 250 g/mol. The second-order valence-electron chi connectivity index (χ2n) is 3.53. The molecule has 0 aromatic heterocycles. The van der Waals surface area contributed by atoms with Crippen molar-refractivity contribution in [2.45, 2.75) is 6.54 Å². The lowest BCUT2D eigenvalue weighted by molar-refractivity contribution is 0.0694. The average molecular weight is 265 g/mol. The van der Waals surface area contributed by atoms with E-state index in [1.807, 2.05) is 0 Å². The Kier molecular flexibility index (Phi) is 5.40. The molecule has 0 atom stereocenters. The minimum absolute atomic E-state index is 0.00161. The second kappa shape index (κ2) is 7.05. The molecule has 0 unspecified atom stereocenters. The van der Waals surface area contributed by atoms with E-state index < -0.39 is 12.1 Å². The average Bonchev–Trinajstić information content (AvgIpc) is 2.42. The minimum Gasteiger partial charge on any atom is -0.496 e. The van der Waals surface area contributed by atoms with Crippen LogP contribution in [0.1, 0.15) is 15.9 Å². The Morgan fingerprint density at radius 1 is 1.47 bits per heavy atom. The van der Waals surface area contributed by atoms with E-state index in [2.05, 4.69) is 11.9 Å². The SMILES string of the molecule is C=CCOC(=O)NCc1c(OC)cccc1C(=O)O. The van der Waals surface area contributed by atoms with Crippen molar-refractivity contribution in [2.75, 3.05) is 13.7 Å². The lowest BCUT2D eigenvalue weighted by Gasteiger charge is -2.12. The smallest absolute Gasteiger partial charge is 0.407 e. The molecule has 1 aromatic carbocycles. The summed E-state index contributed by atoms with van der Waals surface area (Å²) in [4.78, 5) is 22.4. The van der Waals surface area contributed by atoms with Crippen molar-refractivity contribution in [3.8, 4) is 5.75 Å². The summed E-state index contributed by atoms with van der Waals surface area (Å²) >= 11 is 0. The van der Waals surface area contributed by atoms with Gasteiger partial charge >= 0.3 is 12.1 Å². The number of benzene rings is 1. The van der Waals surface area contributed by atoms with Gasteiger partial charge in [-0.2, -0.15) is 0 Å². The van der Waals surface area contributed by atoms with Crippen molar-refractivity contribution in [3.63, 3.8) is 0 Å². The first-order chi connectivity index (χ1) is 9.10. The zero-order valence-electron chi connectivity index (χ0n) is 10.5. The Bertz CT molecular complexity index is 484. The van der Waals surface area contributed by atoms with E-state index in [0.717, 1.165) is 0 Å². The van der Waals surface area contributed by atoms with Crippen molar-refractivity contribution >= 4 is 12.1 Å². The highest BCUT2D eigenvalue weighted by Gasteiger charge is 2.15. The summed E-state index contributed by atoms with van der Waals surface area (Å²) < 4.78 is 9.81. The summed E-state index contributed by atoms with van der Waals surface area (Å²) in [7, 11) is 1.43. The first kappa shape index (κ1) is 14.6. The van der Waals surface area contributed by atoms with Gasteiger partial charge < -0.3 is 19.9 Å². The van der Waals surface area contributed by atoms with Crippen molar-refractivity contribution in [2.24, 2.45) is 0 Å². The number of carboxylic acid groups (broad SMARTS) is 1. The Morgan fingerprint density at radius 3 is 2.79 bits per heavy atom. The zero-order chi connectivity index (χ0) is 14.3. The van der Waals surface area contributed by atoms with E-state index in [9.17, 15) is 9.59 Å². The topological polar surface area (TPSA) is 84.9 Å². The molecule has 2 N–H and O–H groups in total. The number of rotatable bonds is 6. The molecule has 0 saturated heterocycles. The first-order valence-electron chi connectivity index (χ1n) is 5.50. The Hall–Kier alpha value is -2.50. The molecule has 102 valence electrons. The highest BCUT2D eigenvalue weighted by Crippen LogP contribution is 2.22. The predicted molar refractivity (Wildman–Crippen MR) is 68.3 cm³/mol.